The van der Waals surface area contributed by atoms with E-state index in [4.69, 9.17) is 0 Å². The Morgan fingerprint density at radius 2 is 1.83 bits per heavy atom. The molecule has 0 saturated heterocycles. The summed E-state index contributed by atoms with van der Waals surface area (Å²) in [5.74, 6) is 3.35. The molecule has 30 heavy (non-hydrogen) atoms. The number of carbonyl (C=O) groups is 1. The summed E-state index contributed by atoms with van der Waals surface area (Å²) in [4.78, 5) is 12.3. The number of nitrogens with zero attached hydrogens (tertiary/aromatic N) is 3. The van der Waals surface area contributed by atoms with Crippen LogP contribution in [-0.4, -0.2) is 26.4 Å². The summed E-state index contributed by atoms with van der Waals surface area (Å²) >= 11 is 1.37. The zero-order valence-corrected chi connectivity index (χ0v) is 18.3. The molecule has 0 radical (unpaired) electrons. The number of halogens is 1. The van der Waals surface area contributed by atoms with Crippen LogP contribution in [0, 0.1) is 29.0 Å². The minimum atomic E-state index is -0.426. The van der Waals surface area contributed by atoms with E-state index in [1.165, 1.54) is 56.4 Å². The van der Waals surface area contributed by atoms with E-state index in [0.717, 1.165) is 41.7 Å². The number of benzene rings is 1. The lowest BCUT2D eigenvalue weighted by Gasteiger charge is -2.56. The van der Waals surface area contributed by atoms with Crippen LogP contribution < -0.4 is 5.32 Å². The highest BCUT2D eigenvalue weighted by Crippen LogP contribution is 2.61. The van der Waals surface area contributed by atoms with Crippen molar-refractivity contribution in [3.8, 4) is 0 Å². The second-order valence-electron chi connectivity index (χ2n) is 9.55. The first kappa shape index (κ1) is 20.0. The Balaban J connectivity index is 1.24. The highest BCUT2D eigenvalue weighted by molar-refractivity contribution is 7.99. The number of thioether (sulfide) groups is 1. The fourth-order valence-electron chi connectivity index (χ4n) is 6.60. The SMILES string of the molecule is CCn1c(CC23CC4CC(CC(C4)C2)C3)nnc1SCC(=O)Nc1ccccc1F. The highest BCUT2D eigenvalue weighted by atomic mass is 32.2. The first-order valence-corrected chi connectivity index (χ1v) is 12.1. The Morgan fingerprint density at radius 1 is 1.17 bits per heavy atom. The number of rotatable bonds is 7. The van der Waals surface area contributed by atoms with Gasteiger partial charge in [-0.1, -0.05) is 23.9 Å². The average molecular weight is 429 g/mol. The molecule has 5 nitrogen and oxygen atoms in total. The van der Waals surface area contributed by atoms with Crippen molar-refractivity contribution in [3.63, 3.8) is 0 Å². The molecule has 2 aromatic rings. The van der Waals surface area contributed by atoms with Crippen LogP contribution in [0.15, 0.2) is 29.4 Å². The lowest BCUT2D eigenvalue weighted by atomic mass is 9.49. The van der Waals surface area contributed by atoms with Gasteiger partial charge in [0.1, 0.15) is 11.6 Å². The molecule has 4 fully saturated rings. The maximum Gasteiger partial charge on any atom is 0.234 e. The number of aromatic nitrogens is 3. The molecule has 4 bridgehead atoms. The predicted molar refractivity (Wildman–Crippen MR) is 116 cm³/mol. The number of amides is 1. The van der Waals surface area contributed by atoms with E-state index >= 15 is 0 Å². The minimum Gasteiger partial charge on any atom is -0.323 e. The van der Waals surface area contributed by atoms with E-state index in [1.807, 2.05) is 0 Å². The van der Waals surface area contributed by atoms with Gasteiger partial charge < -0.3 is 9.88 Å². The van der Waals surface area contributed by atoms with Gasteiger partial charge in [0.15, 0.2) is 5.16 Å². The standard InChI is InChI=1S/C23H29FN4OS/c1-2-28-20(13-23-10-15-7-16(11-23)9-17(8-15)12-23)26-27-22(28)30-14-21(29)25-19-6-4-3-5-18(19)24/h3-6,15-17H,2,7-14H2,1H3,(H,25,29). The number of nitrogens with one attached hydrogen (secondary N) is 1. The molecule has 7 heteroatoms. The van der Waals surface area contributed by atoms with Gasteiger partial charge in [-0.3, -0.25) is 4.79 Å². The molecular weight excluding hydrogens is 399 g/mol. The molecule has 0 spiro atoms. The minimum absolute atomic E-state index is 0.184. The van der Waals surface area contributed by atoms with Gasteiger partial charge in [-0.2, -0.15) is 0 Å². The molecule has 0 atom stereocenters. The van der Waals surface area contributed by atoms with Crippen molar-refractivity contribution in [1.82, 2.24) is 14.8 Å². The Morgan fingerprint density at radius 3 is 2.47 bits per heavy atom. The molecule has 4 aliphatic rings. The van der Waals surface area contributed by atoms with Crippen LogP contribution in [0.25, 0.3) is 0 Å². The number of para-hydroxylation sites is 1. The maximum absolute atomic E-state index is 13.7. The van der Waals surface area contributed by atoms with Crippen molar-refractivity contribution in [2.75, 3.05) is 11.1 Å². The average Bonchev–Trinajstić information content (AvgIpc) is 3.08. The molecule has 1 aromatic heterocycles. The van der Waals surface area contributed by atoms with E-state index < -0.39 is 5.82 Å². The smallest absolute Gasteiger partial charge is 0.234 e. The molecule has 1 N–H and O–H groups in total. The summed E-state index contributed by atoms with van der Waals surface area (Å²) in [6.45, 7) is 2.90. The molecule has 1 aromatic carbocycles. The van der Waals surface area contributed by atoms with E-state index in [1.54, 1.807) is 18.2 Å². The van der Waals surface area contributed by atoms with Gasteiger partial charge in [-0.25, -0.2) is 4.39 Å². The van der Waals surface area contributed by atoms with Gasteiger partial charge >= 0.3 is 0 Å². The van der Waals surface area contributed by atoms with E-state index in [9.17, 15) is 9.18 Å². The van der Waals surface area contributed by atoms with Gasteiger partial charge in [0.2, 0.25) is 5.91 Å². The normalized spacial score (nSPS) is 29.3. The second kappa shape index (κ2) is 7.98. The molecule has 160 valence electrons. The number of hydrogen-bond acceptors (Lipinski definition) is 4. The largest absolute Gasteiger partial charge is 0.323 e. The van der Waals surface area contributed by atoms with E-state index in [0.29, 0.717) is 5.41 Å². The third-order valence-electron chi connectivity index (χ3n) is 7.29. The van der Waals surface area contributed by atoms with Crippen molar-refractivity contribution < 1.29 is 9.18 Å². The molecular formula is C23H29FN4OS. The zero-order chi connectivity index (χ0) is 20.7. The van der Waals surface area contributed by atoms with Crippen LogP contribution in [0.1, 0.15) is 51.3 Å². The zero-order valence-electron chi connectivity index (χ0n) is 17.4. The summed E-state index contributed by atoms with van der Waals surface area (Å²) in [5, 5.41) is 12.4. The topological polar surface area (TPSA) is 59.8 Å². The summed E-state index contributed by atoms with van der Waals surface area (Å²) in [7, 11) is 0. The summed E-state index contributed by atoms with van der Waals surface area (Å²) in [5.41, 5.74) is 0.626. The van der Waals surface area contributed by atoms with Gasteiger partial charge in [0.25, 0.3) is 0 Å². The Bertz CT molecular complexity index is 908. The summed E-state index contributed by atoms with van der Waals surface area (Å²) < 4.78 is 15.9. The Hall–Kier alpha value is -1.89. The molecule has 1 amide bonds. The van der Waals surface area contributed by atoms with Crippen LogP contribution in [-0.2, 0) is 17.8 Å². The maximum atomic E-state index is 13.7. The van der Waals surface area contributed by atoms with Crippen molar-refractivity contribution in [3.05, 3.63) is 35.9 Å². The van der Waals surface area contributed by atoms with Crippen LogP contribution in [0.5, 0.6) is 0 Å². The van der Waals surface area contributed by atoms with Gasteiger partial charge in [0, 0.05) is 13.0 Å². The molecule has 0 unspecified atom stereocenters. The van der Waals surface area contributed by atoms with Crippen molar-refractivity contribution >= 4 is 23.4 Å². The Kier molecular flexibility index (Phi) is 5.33. The highest BCUT2D eigenvalue weighted by Gasteiger charge is 2.51. The Labute approximate surface area is 181 Å². The van der Waals surface area contributed by atoms with Crippen LogP contribution in [0.4, 0.5) is 10.1 Å². The fourth-order valence-corrected chi connectivity index (χ4v) is 7.42. The third-order valence-corrected chi connectivity index (χ3v) is 8.25. The van der Waals surface area contributed by atoms with Crippen molar-refractivity contribution in [1.29, 1.82) is 0 Å². The van der Waals surface area contributed by atoms with Crippen molar-refractivity contribution in [2.45, 2.75) is 63.6 Å². The summed E-state index contributed by atoms with van der Waals surface area (Å²) in [6, 6.07) is 6.22. The van der Waals surface area contributed by atoms with Gasteiger partial charge in [-0.15, -0.1) is 10.2 Å². The monoisotopic (exact) mass is 428 g/mol. The predicted octanol–water partition coefficient (Wildman–Crippen LogP) is 4.93. The fraction of sp³-hybridized carbons (Fsp3) is 0.609. The molecule has 0 aliphatic heterocycles. The number of carbonyl (C=O) groups excluding carboxylic acids is 1. The second-order valence-corrected chi connectivity index (χ2v) is 10.5. The first-order chi connectivity index (χ1) is 14.5. The molecule has 6 rings (SSSR count). The lowest BCUT2D eigenvalue weighted by Crippen LogP contribution is -2.47. The third kappa shape index (κ3) is 3.88. The van der Waals surface area contributed by atoms with Crippen LogP contribution >= 0.6 is 11.8 Å². The van der Waals surface area contributed by atoms with Crippen LogP contribution in [0.3, 0.4) is 0 Å². The van der Waals surface area contributed by atoms with Crippen molar-refractivity contribution in [2.24, 2.45) is 23.2 Å². The molecule has 4 saturated carbocycles. The number of anilines is 1. The van der Waals surface area contributed by atoms with E-state index in [2.05, 4.69) is 27.0 Å². The van der Waals surface area contributed by atoms with E-state index in [-0.39, 0.29) is 17.3 Å². The molecule has 4 aliphatic carbocycles. The first-order valence-electron chi connectivity index (χ1n) is 11.1. The quantitative estimate of drug-likeness (QED) is 0.636. The lowest BCUT2D eigenvalue weighted by molar-refractivity contribution is -0.113. The van der Waals surface area contributed by atoms with Gasteiger partial charge in [-0.05, 0) is 80.8 Å². The van der Waals surface area contributed by atoms with Crippen LogP contribution in [0.2, 0.25) is 0 Å². The summed E-state index contributed by atoms with van der Waals surface area (Å²) in [6.07, 6.45) is 9.39. The molecule has 1 heterocycles. The van der Waals surface area contributed by atoms with Gasteiger partial charge in [0.05, 0.1) is 11.4 Å². The number of hydrogen-bond donors (Lipinski definition) is 1.